The number of aliphatic hydroxyl groups excluding tert-OH is 3. The number of unbranched alkanes of at least 4 members (excludes halogenated alkanes) is 20. The molecular formula is C37H74NO19P3. The van der Waals surface area contributed by atoms with E-state index in [-0.39, 0.29) is 12.8 Å². The summed E-state index contributed by atoms with van der Waals surface area (Å²) in [6, 6.07) is 0. The SMILES string of the molecule is CCCCCCCCCCCCCCCC(=O)O[C@H](COC(=O)CCCCCCCCCCCN)COP(=O)(O)O[C@@H]1[C@H](O)[C@H](O)[C@@H](OP(=O)(O)O)[C@H](OP(=O)(O)O)[C@H]1O. The molecule has 8 atom stereocenters. The van der Waals surface area contributed by atoms with E-state index in [2.05, 4.69) is 16.0 Å². The van der Waals surface area contributed by atoms with Crippen LogP contribution in [-0.2, 0) is 50.9 Å². The lowest BCUT2D eigenvalue weighted by atomic mass is 9.85. The van der Waals surface area contributed by atoms with Crippen LogP contribution < -0.4 is 5.73 Å². The third-order valence-corrected chi connectivity index (χ3v) is 12.0. The van der Waals surface area contributed by atoms with Crippen LogP contribution in [0.4, 0.5) is 0 Å². The van der Waals surface area contributed by atoms with Gasteiger partial charge in [0.05, 0.1) is 6.61 Å². The second-order valence-corrected chi connectivity index (χ2v) is 19.2. The molecule has 0 spiro atoms. The van der Waals surface area contributed by atoms with Gasteiger partial charge in [-0.1, -0.05) is 129 Å². The summed E-state index contributed by atoms with van der Waals surface area (Å²) in [4.78, 5) is 72.8. The monoisotopic (exact) mass is 929 g/mol. The highest BCUT2D eigenvalue weighted by Gasteiger charge is 2.56. The zero-order chi connectivity index (χ0) is 45.0. The van der Waals surface area contributed by atoms with Gasteiger partial charge in [0.15, 0.2) is 6.10 Å². The van der Waals surface area contributed by atoms with E-state index in [0.717, 1.165) is 83.5 Å². The predicted molar refractivity (Wildman–Crippen MR) is 219 cm³/mol. The summed E-state index contributed by atoms with van der Waals surface area (Å²) in [7, 11) is -16.6. The molecule has 0 saturated heterocycles. The number of phosphoric ester groups is 3. The van der Waals surface area contributed by atoms with Crippen LogP contribution in [0.2, 0.25) is 0 Å². The van der Waals surface area contributed by atoms with Crippen molar-refractivity contribution in [2.75, 3.05) is 19.8 Å². The highest BCUT2D eigenvalue weighted by Crippen LogP contribution is 2.51. The van der Waals surface area contributed by atoms with E-state index in [1.807, 2.05) is 0 Å². The number of nitrogens with two attached hydrogens (primary N) is 1. The average Bonchev–Trinajstić information content (AvgIpc) is 3.16. The lowest BCUT2D eigenvalue weighted by Gasteiger charge is -2.44. The van der Waals surface area contributed by atoms with Crippen LogP contribution in [0.5, 0.6) is 0 Å². The number of rotatable bonds is 37. The number of esters is 2. The first-order chi connectivity index (χ1) is 28.3. The number of carbonyl (C=O) groups is 2. The molecule has 0 aromatic rings. The first-order valence-corrected chi connectivity index (χ1v) is 26.1. The topological polar surface area (TPSA) is 329 Å². The second-order valence-electron chi connectivity index (χ2n) is 15.4. The summed E-state index contributed by atoms with van der Waals surface area (Å²) >= 11 is 0. The number of hydrogen-bond donors (Lipinski definition) is 9. The van der Waals surface area contributed by atoms with Crippen LogP contribution in [0.25, 0.3) is 0 Å². The maximum atomic E-state index is 13.0. The van der Waals surface area contributed by atoms with Gasteiger partial charge in [-0.05, 0) is 25.8 Å². The third kappa shape index (κ3) is 28.0. The largest absolute Gasteiger partial charge is 0.472 e. The summed E-state index contributed by atoms with van der Waals surface area (Å²) in [6.45, 7) is 1.41. The molecule has 0 heterocycles. The molecule has 0 amide bonds. The van der Waals surface area contributed by atoms with Crippen LogP contribution in [0, 0.1) is 0 Å². The highest BCUT2D eigenvalue weighted by molar-refractivity contribution is 7.47. The first-order valence-electron chi connectivity index (χ1n) is 21.5. The van der Waals surface area contributed by atoms with Crippen molar-refractivity contribution in [3.8, 4) is 0 Å². The molecule has 0 aliphatic heterocycles. The van der Waals surface area contributed by atoms with E-state index in [1.54, 1.807) is 0 Å². The number of phosphoric acid groups is 3. The fourth-order valence-corrected chi connectivity index (χ4v) is 8.87. The molecule has 1 fully saturated rings. The molecule has 23 heteroatoms. The molecule has 0 aromatic carbocycles. The fourth-order valence-electron chi connectivity index (χ4n) is 6.77. The molecule has 1 aliphatic carbocycles. The number of ether oxygens (including phenoxy) is 2. The molecule has 1 aliphatic rings. The molecule has 0 bridgehead atoms. The van der Waals surface area contributed by atoms with Crippen LogP contribution in [0.3, 0.4) is 0 Å². The van der Waals surface area contributed by atoms with E-state index >= 15 is 0 Å². The summed E-state index contributed by atoms with van der Waals surface area (Å²) in [5, 5.41) is 31.7. The molecule has 0 aromatic heterocycles. The number of aliphatic hydroxyl groups is 3. The molecule has 20 nitrogen and oxygen atoms in total. The molecule has 1 rings (SSSR count). The molecule has 60 heavy (non-hydrogen) atoms. The fraction of sp³-hybridized carbons (Fsp3) is 0.946. The van der Waals surface area contributed by atoms with Crippen LogP contribution in [0.15, 0.2) is 0 Å². The summed E-state index contributed by atoms with van der Waals surface area (Å²) in [5.74, 6) is -1.31. The van der Waals surface area contributed by atoms with Crippen LogP contribution >= 0.6 is 23.5 Å². The standard InChI is InChI=1S/C37H74NO19P3/c1-2-3-4-5-6-7-8-9-10-12-16-19-22-25-31(40)54-29(27-52-30(39)24-21-18-15-13-11-14-17-20-23-26-38)28-53-60(50,51)57-35-32(41)33(42)36(55-58(44,45)46)37(34(35)43)56-59(47,48)49/h29,32-37,41-43H,2-28,38H2,1H3,(H,50,51)(H2,44,45,46)(H2,47,48,49)/t29-,32-,33+,34+,35-,36-,37-/m1/s1. The minimum absolute atomic E-state index is 0.000330. The van der Waals surface area contributed by atoms with E-state index in [0.29, 0.717) is 19.4 Å². The maximum Gasteiger partial charge on any atom is 0.472 e. The molecule has 0 radical (unpaired) electrons. The van der Waals surface area contributed by atoms with E-state index in [1.165, 1.54) is 44.9 Å². The molecule has 356 valence electrons. The minimum atomic E-state index is -5.59. The Morgan fingerprint density at radius 3 is 1.33 bits per heavy atom. The van der Waals surface area contributed by atoms with Gasteiger partial charge in [0.2, 0.25) is 0 Å². The summed E-state index contributed by atoms with van der Waals surface area (Å²) in [5.41, 5.74) is 5.52. The smallest absolute Gasteiger partial charge is 0.462 e. The van der Waals surface area contributed by atoms with Gasteiger partial charge in [0.1, 0.15) is 43.2 Å². The number of hydrogen-bond acceptors (Lipinski definition) is 15. The minimum Gasteiger partial charge on any atom is -0.462 e. The quantitative estimate of drug-likeness (QED) is 0.0216. The Hall–Kier alpha value is -0.890. The Bertz CT molecular complexity index is 1300. The Kier molecular flexibility index (Phi) is 30.3. The second kappa shape index (κ2) is 31.9. The van der Waals surface area contributed by atoms with E-state index < -0.39 is 91.3 Å². The highest BCUT2D eigenvalue weighted by atomic mass is 31.2. The lowest BCUT2D eigenvalue weighted by molar-refractivity contribution is -0.213. The predicted octanol–water partition coefficient (Wildman–Crippen LogP) is 5.34. The van der Waals surface area contributed by atoms with Crippen molar-refractivity contribution in [1.29, 1.82) is 0 Å². The van der Waals surface area contributed by atoms with Gasteiger partial charge in [0, 0.05) is 12.8 Å². The summed E-state index contributed by atoms with van der Waals surface area (Å²) < 4.78 is 65.2. The van der Waals surface area contributed by atoms with Gasteiger partial charge in [-0.15, -0.1) is 0 Å². The van der Waals surface area contributed by atoms with Crippen molar-refractivity contribution >= 4 is 35.4 Å². The normalized spacial score (nSPS) is 22.6. The maximum absolute atomic E-state index is 13.0. The Morgan fingerprint density at radius 2 is 0.900 bits per heavy atom. The summed E-state index contributed by atoms with van der Waals surface area (Å²) in [6.07, 6.45) is 6.80. The van der Waals surface area contributed by atoms with Crippen molar-refractivity contribution in [2.24, 2.45) is 5.73 Å². The van der Waals surface area contributed by atoms with E-state index in [9.17, 15) is 63.1 Å². The average molecular weight is 930 g/mol. The Morgan fingerprint density at radius 1 is 0.517 bits per heavy atom. The zero-order valence-corrected chi connectivity index (χ0v) is 37.8. The van der Waals surface area contributed by atoms with Crippen LogP contribution in [0.1, 0.15) is 161 Å². The van der Waals surface area contributed by atoms with Crippen molar-refractivity contribution in [3.05, 3.63) is 0 Å². The van der Waals surface area contributed by atoms with Gasteiger partial charge in [-0.25, -0.2) is 13.7 Å². The first kappa shape index (κ1) is 57.1. The van der Waals surface area contributed by atoms with Gasteiger partial charge in [-0.3, -0.25) is 27.7 Å². The van der Waals surface area contributed by atoms with Crippen LogP contribution in [-0.4, -0.2) is 114 Å². The zero-order valence-electron chi connectivity index (χ0n) is 35.1. The third-order valence-electron chi connectivity index (χ3n) is 10.0. The van der Waals surface area contributed by atoms with Crippen molar-refractivity contribution in [2.45, 2.75) is 204 Å². The lowest BCUT2D eigenvalue weighted by Crippen LogP contribution is -2.65. The molecule has 1 saturated carbocycles. The Labute approximate surface area is 354 Å². The van der Waals surface area contributed by atoms with Gasteiger partial charge >= 0.3 is 35.4 Å². The van der Waals surface area contributed by atoms with Crippen molar-refractivity contribution in [1.82, 2.24) is 0 Å². The molecular weight excluding hydrogens is 855 g/mol. The number of carbonyl (C=O) groups excluding carboxylic acids is 2. The van der Waals surface area contributed by atoms with Gasteiger partial charge in [0.25, 0.3) is 0 Å². The van der Waals surface area contributed by atoms with E-state index in [4.69, 9.17) is 24.3 Å². The van der Waals surface area contributed by atoms with Gasteiger partial charge < -0.3 is 55.0 Å². The molecule has 10 N–H and O–H groups in total. The van der Waals surface area contributed by atoms with Crippen molar-refractivity contribution in [3.63, 3.8) is 0 Å². The molecule has 1 unspecified atom stereocenters. The van der Waals surface area contributed by atoms with Gasteiger partial charge in [-0.2, -0.15) is 0 Å². The Balaban J connectivity index is 2.79. The van der Waals surface area contributed by atoms with Crippen molar-refractivity contribution < 1.29 is 90.6 Å².